The van der Waals surface area contributed by atoms with E-state index in [0.717, 1.165) is 11.1 Å². The highest BCUT2D eigenvalue weighted by Gasteiger charge is 2.48. The zero-order chi connectivity index (χ0) is 26.6. The lowest BCUT2D eigenvalue weighted by molar-refractivity contribution is -0.743. The minimum absolute atomic E-state index is 0.0839. The standard InChI is InChI=1S/C28H28FN3O5/c1-18(2)21-7-4-5-8-23(21)37-24-16-30-26-25(22(24)15-19-9-11-20(29)12-10-19)27(34)32(3,28(35)31-26)13-6-14-36-17-33/h4-5,7-12,16-18H,6,13-15H2,1-3H3/p+1. The van der Waals surface area contributed by atoms with Crippen LogP contribution in [0.5, 0.6) is 11.5 Å². The van der Waals surface area contributed by atoms with Crippen molar-refractivity contribution in [2.45, 2.75) is 32.6 Å². The molecule has 4 rings (SSSR count). The Morgan fingerprint density at radius 2 is 1.81 bits per heavy atom. The lowest BCUT2D eigenvalue weighted by atomic mass is 9.96. The SMILES string of the molecule is CC(C)c1ccccc1Oc1cnc2c(c1Cc1ccc(F)cc1)C(=O)[N+](C)(CCCOC=O)C(=O)N2. The number of anilines is 1. The molecular weight excluding hydrogens is 477 g/mol. The van der Waals surface area contributed by atoms with Crippen LogP contribution in [0, 0.1) is 5.82 Å². The Bertz CT molecular complexity index is 1330. The highest BCUT2D eigenvalue weighted by atomic mass is 19.1. The number of fused-ring (bicyclic) bond motifs is 1. The molecule has 1 N–H and O–H groups in total. The van der Waals surface area contributed by atoms with Crippen LogP contribution in [-0.2, 0) is 16.0 Å². The third-order valence-corrected chi connectivity index (χ3v) is 6.47. The largest absolute Gasteiger partial charge is 0.468 e. The van der Waals surface area contributed by atoms with E-state index in [4.69, 9.17) is 9.47 Å². The van der Waals surface area contributed by atoms with E-state index in [1.54, 1.807) is 12.1 Å². The van der Waals surface area contributed by atoms with Crippen molar-refractivity contribution in [3.63, 3.8) is 0 Å². The first kappa shape index (κ1) is 26.0. The van der Waals surface area contributed by atoms with Crippen molar-refractivity contribution in [1.29, 1.82) is 0 Å². The molecule has 1 aliphatic heterocycles. The fraction of sp³-hybridized carbons (Fsp3) is 0.286. The molecule has 3 aromatic rings. The molecule has 192 valence electrons. The third kappa shape index (κ3) is 5.36. The summed E-state index contributed by atoms with van der Waals surface area (Å²) in [6.07, 6.45) is 2.05. The summed E-state index contributed by atoms with van der Waals surface area (Å²) in [4.78, 5) is 41.7. The van der Waals surface area contributed by atoms with Gasteiger partial charge in [0, 0.05) is 18.4 Å². The summed E-state index contributed by atoms with van der Waals surface area (Å²) in [5.74, 6) is 0.532. The van der Waals surface area contributed by atoms with E-state index in [2.05, 4.69) is 24.1 Å². The van der Waals surface area contributed by atoms with Gasteiger partial charge in [-0.2, -0.15) is 4.48 Å². The van der Waals surface area contributed by atoms with Gasteiger partial charge in [-0.25, -0.2) is 19.0 Å². The first-order valence-electron chi connectivity index (χ1n) is 12.0. The minimum atomic E-state index is -0.570. The van der Waals surface area contributed by atoms with Gasteiger partial charge in [0.1, 0.15) is 22.9 Å². The van der Waals surface area contributed by atoms with Crippen molar-refractivity contribution in [3.05, 3.63) is 82.8 Å². The van der Waals surface area contributed by atoms with Gasteiger partial charge in [-0.05, 0) is 35.2 Å². The Morgan fingerprint density at radius 1 is 1.08 bits per heavy atom. The Hall–Kier alpha value is -4.11. The van der Waals surface area contributed by atoms with Gasteiger partial charge in [-0.1, -0.05) is 44.2 Å². The predicted octanol–water partition coefficient (Wildman–Crippen LogP) is 5.42. The number of para-hydroxylation sites is 1. The average Bonchev–Trinajstić information content (AvgIpc) is 2.88. The zero-order valence-electron chi connectivity index (χ0n) is 21.0. The number of quaternary nitrogens is 1. The maximum atomic E-state index is 13.9. The molecule has 0 saturated heterocycles. The molecule has 0 fully saturated rings. The van der Waals surface area contributed by atoms with Crippen LogP contribution in [0.3, 0.4) is 0 Å². The molecule has 0 aliphatic carbocycles. The van der Waals surface area contributed by atoms with Crippen LogP contribution in [0.25, 0.3) is 0 Å². The topological polar surface area (TPSA) is 94.6 Å². The van der Waals surface area contributed by atoms with E-state index >= 15 is 0 Å². The van der Waals surface area contributed by atoms with Crippen LogP contribution < -0.4 is 10.1 Å². The molecule has 1 unspecified atom stereocenters. The van der Waals surface area contributed by atoms with Crippen molar-refractivity contribution in [2.24, 2.45) is 0 Å². The summed E-state index contributed by atoms with van der Waals surface area (Å²) >= 11 is 0. The number of imide groups is 1. The molecule has 0 radical (unpaired) electrons. The van der Waals surface area contributed by atoms with Gasteiger partial charge in [0.15, 0.2) is 5.82 Å². The number of hydrogen-bond donors (Lipinski definition) is 1. The molecule has 3 amide bonds. The summed E-state index contributed by atoms with van der Waals surface area (Å²) in [5, 5.41) is 2.75. The number of rotatable bonds is 10. The highest BCUT2D eigenvalue weighted by molar-refractivity contribution is 6.09. The van der Waals surface area contributed by atoms with Crippen molar-refractivity contribution < 1.29 is 32.7 Å². The van der Waals surface area contributed by atoms with Crippen LogP contribution in [0.1, 0.15) is 53.2 Å². The number of nitrogens with zero attached hydrogens (tertiary/aromatic N) is 2. The van der Waals surface area contributed by atoms with Crippen LogP contribution >= 0.6 is 0 Å². The van der Waals surface area contributed by atoms with Crippen LogP contribution in [0.4, 0.5) is 15.0 Å². The number of ether oxygens (including phenoxy) is 2. The van der Waals surface area contributed by atoms with E-state index in [1.807, 2.05) is 24.3 Å². The first-order chi connectivity index (χ1) is 17.7. The number of benzene rings is 2. The zero-order valence-corrected chi connectivity index (χ0v) is 21.0. The molecule has 0 spiro atoms. The number of amides is 3. The number of urea groups is 1. The Kier molecular flexibility index (Phi) is 7.63. The molecule has 1 atom stereocenters. The molecule has 2 heterocycles. The quantitative estimate of drug-likeness (QED) is 0.224. The van der Waals surface area contributed by atoms with Crippen LogP contribution in [0.2, 0.25) is 0 Å². The average molecular weight is 507 g/mol. The number of aromatic nitrogens is 1. The van der Waals surface area contributed by atoms with Gasteiger partial charge in [-0.15, -0.1) is 0 Å². The van der Waals surface area contributed by atoms with Gasteiger partial charge in [0.25, 0.3) is 6.47 Å². The maximum Gasteiger partial charge on any atom is 0.429 e. The number of carbonyl (C=O) groups is 3. The number of hydrogen-bond acceptors (Lipinski definition) is 6. The number of pyridine rings is 1. The molecular formula is C28H29FN3O5+. The van der Waals surface area contributed by atoms with E-state index in [0.29, 0.717) is 30.0 Å². The molecule has 2 aromatic carbocycles. The highest BCUT2D eigenvalue weighted by Crippen LogP contribution is 2.38. The van der Waals surface area contributed by atoms with Gasteiger partial charge in [0.05, 0.1) is 26.4 Å². The van der Waals surface area contributed by atoms with Gasteiger partial charge in [-0.3, -0.25) is 10.1 Å². The predicted molar refractivity (Wildman–Crippen MR) is 135 cm³/mol. The Labute approximate surface area is 214 Å². The summed E-state index contributed by atoms with van der Waals surface area (Å²) in [6, 6.07) is 13.1. The third-order valence-electron chi connectivity index (χ3n) is 6.47. The summed E-state index contributed by atoms with van der Waals surface area (Å²) in [7, 11) is 1.52. The number of nitrogens with one attached hydrogen (secondary N) is 1. The van der Waals surface area contributed by atoms with E-state index in [-0.39, 0.29) is 42.7 Å². The van der Waals surface area contributed by atoms with Crippen molar-refractivity contribution in [3.8, 4) is 11.5 Å². The fourth-order valence-electron chi connectivity index (χ4n) is 4.37. The second-order valence-electron chi connectivity index (χ2n) is 9.39. The maximum absolute atomic E-state index is 13.9. The lowest BCUT2D eigenvalue weighted by Crippen LogP contribution is -2.59. The summed E-state index contributed by atoms with van der Waals surface area (Å²) < 4.78 is 24.1. The van der Waals surface area contributed by atoms with E-state index in [1.165, 1.54) is 25.4 Å². The van der Waals surface area contributed by atoms with Crippen molar-refractivity contribution in [1.82, 2.24) is 4.98 Å². The molecule has 1 aromatic heterocycles. The Balaban J connectivity index is 1.81. The normalized spacial score (nSPS) is 16.8. The fourth-order valence-corrected chi connectivity index (χ4v) is 4.37. The smallest absolute Gasteiger partial charge is 0.429 e. The molecule has 0 bridgehead atoms. The first-order valence-corrected chi connectivity index (χ1v) is 12.0. The number of carbonyl (C=O) groups excluding carboxylic acids is 3. The molecule has 0 saturated carbocycles. The summed E-state index contributed by atoms with van der Waals surface area (Å²) in [5.41, 5.74) is 2.52. The molecule has 37 heavy (non-hydrogen) atoms. The second-order valence-corrected chi connectivity index (χ2v) is 9.39. The Morgan fingerprint density at radius 3 is 2.51 bits per heavy atom. The minimum Gasteiger partial charge on any atom is -0.468 e. The summed E-state index contributed by atoms with van der Waals surface area (Å²) in [6.45, 7) is 4.65. The van der Waals surface area contributed by atoms with Gasteiger partial charge < -0.3 is 9.47 Å². The monoisotopic (exact) mass is 506 g/mol. The molecule has 1 aliphatic rings. The van der Waals surface area contributed by atoms with Crippen molar-refractivity contribution >= 4 is 24.2 Å². The lowest BCUT2D eigenvalue weighted by Gasteiger charge is -2.33. The van der Waals surface area contributed by atoms with Gasteiger partial charge >= 0.3 is 11.9 Å². The van der Waals surface area contributed by atoms with Crippen LogP contribution in [-0.4, -0.2) is 48.1 Å². The van der Waals surface area contributed by atoms with E-state index in [9.17, 15) is 18.8 Å². The van der Waals surface area contributed by atoms with E-state index < -0.39 is 16.4 Å². The molecule has 8 nitrogen and oxygen atoms in total. The molecule has 9 heteroatoms. The van der Waals surface area contributed by atoms with Gasteiger partial charge in [0.2, 0.25) is 0 Å². The van der Waals surface area contributed by atoms with Crippen LogP contribution in [0.15, 0.2) is 54.7 Å². The second kappa shape index (κ2) is 10.9. The van der Waals surface area contributed by atoms with Crippen molar-refractivity contribution in [2.75, 3.05) is 25.5 Å². The number of halogens is 1.